The van der Waals surface area contributed by atoms with E-state index in [2.05, 4.69) is 27.9 Å². The number of thiophene rings is 1. The molecule has 0 spiro atoms. The van der Waals surface area contributed by atoms with Crippen molar-refractivity contribution in [1.29, 1.82) is 0 Å². The minimum absolute atomic E-state index is 0. The molecule has 5 nitrogen and oxygen atoms in total. The Morgan fingerprint density at radius 3 is 2.43 bits per heavy atom. The van der Waals surface area contributed by atoms with Gasteiger partial charge in [0.15, 0.2) is 5.96 Å². The molecular weight excluding hydrogens is 399 g/mol. The van der Waals surface area contributed by atoms with Crippen LogP contribution in [0.4, 0.5) is 0 Å². The second-order valence-corrected chi connectivity index (χ2v) is 5.31. The van der Waals surface area contributed by atoms with Crippen molar-refractivity contribution in [3.63, 3.8) is 0 Å². The fourth-order valence-corrected chi connectivity index (χ4v) is 2.24. The van der Waals surface area contributed by atoms with E-state index in [1.807, 2.05) is 17.5 Å². The van der Waals surface area contributed by atoms with Gasteiger partial charge in [0.05, 0.1) is 4.88 Å². The summed E-state index contributed by atoms with van der Waals surface area (Å²) < 4.78 is 0. The minimum atomic E-state index is 0. The number of halogens is 1. The first kappa shape index (κ1) is 20.2. The maximum atomic E-state index is 11.7. The molecule has 0 fully saturated rings. The topological polar surface area (TPSA) is 65.5 Å². The van der Waals surface area contributed by atoms with Crippen molar-refractivity contribution in [2.24, 2.45) is 4.99 Å². The molecule has 0 bridgehead atoms. The molecule has 120 valence electrons. The Kier molecular flexibility index (Phi) is 12.4. The van der Waals surface area contributed by atoms with E-state index in [9.17, 15) is 4.79 Å². The number of amides is 1. The number of nitrogens with one attached hydrogen (secondary N) is 3. The molecule has 1 heterocycles. The minimum Gasteiger partial charge on any atom is -0.356 e. The summed E-state index contributed by atoms with van der Waals surface area (Å²) >= 11 is 1.46. The van der Waals surface area contributed by atoms with Gasteiger partial charge in [0.25, 0.3) is 5.91 Å². The standard InChI is InChI=1S/C14H24N4OS.HI/c1-3-4-8-17-14(15-2)18-10-6-9-16-13(19)12-7-5-11-20-12;/h5,7,11H,3-4,6,8-10H2,1-2H3,(H,16,19)(H2,15,17,18);1H. The van der Waals surface area contributed by atoms with E-state index in [0.29, 0.717) is 6.54 Å². The van der Waals surface area contributed by atoms with Crippen LogP contribution in [0.3, 0.4) is 0 Å². The zero-order chi connectivity index (χ0) is 14.6. The number of guanidine groups is 1. The number of hydrogen-bond donors (Lipinski definition) is 3. The number of carbonyl (C=O) groups is 1. The molecule has 21 heavy (non-hydrogen) atoms. The number of carbonyl (C=O) groups excluding carboxylic acids is 1. The molecular formula is C14H25IN4OS. The number of unbranched alkanes of at least 4 members (excludes halogenated alkanes) is 1. The van der Waals surface area contributed by atoms with Crippen LogP contribution in [0, 0.1) is 0 Å². The summed E-state index contributed by atoms with van der Waals surface area (Å²) in [5.74, 6) is 0.827. The van der Waals surface area contributed by atoms with Gasteiger partial charge in [-0.25, -0.2) is 0 Å². The molecule has 1 aromatic heterocycles. The van der Waals surface area contributed by atoms with E-state index in [1.54, 1.807) is 7.05 Å². The Morgan fingerprint density at radius 1 is 1.19 bits per heavy atom. The van der Waals surface area contributed by atoms with Crippen LogP contribution in [0.15, 0.2) is 22.5 Å². The van der Waals surface area contributed by atoms with Crippen molar-refractivity contribution in [3.8, 4) is 0 Å². The monoisotopic (exact) mass is 424 g/mol. The van der Waals surface area contributed by atoms with Crippen molar-refractivity contribution in [2.75, 3.05) is 26.7 Å². The highest BCUT2D eigenvalue weighted by molar-refractivity contribution is 14.0. The van der Waals surface area contributed by atoms with Gasteiger partial charge in [0.1, 0.15) is 0 Å². The van der Waals surface area contributed by atoms with E-state index >= 15 is 0 Å². The zero-order valence-corrected chi connectivity index (χ0v) is 15.8. The Morgan fingerprint density at radius 2 is 1.86 bits per heavy atom. The third kappa shape index (κ3) is 8.92. The highest BCUT2D eigenvalue weighted by Crippen LogP contribution is 2.07. The molecule has 3 N–H and O–H groups in total. The van der Waals surface area contributed by atoms with Crippen molar-refractivity contribution >= 4 is 47.2 Å². The summed E-state index contributed by atoms with van der Waals surface area (Å²) in [6.45, 7) is 4.55. The molecule has 0 aliphatic heterocycles. The van der Waals surface area contributed by atoms with Crippen LogP contribution in [-0.2, 0) is 0 Å². The molecule has 0 saturated carbocycles. The van der Waals surface area contributed by atoms with Crippen LogP contribution >= 0.6 is 35.3 Å². The predicted octanol–water partition coefficient (Wildman–Crippen LogP) is 2.45. The van der Waals surface area contributed by atoms with Gasteiger partial charge >= 0.3 is 0 Å². The van der Waals surface area contributed by atoms with Crippen LogP contribution in [0.25, 0.3) is 0 Å². The van der Waals surface area contributed by atoms with E-state index in [1.165, 1.54) is 17.8 Å². The number of nitrogens with zero attached hydrogens (tertiary/aromatic N) is 1. The maximum absolute atomic E-state index is 11.7. The van der Waals surface area contributed by atoms with Crippen molar-refractivity contribution in [2.45, 2.75) is 26.2 Å². The second kappa shape index (κ2) is 12.9. The molecule has 0 unspecified atom stereocenters. The lowest BCUT2D eigenvalue weighted by Crippen LogP contribution is -2.39. The van der Waals surface area contributed by atoms with Crippen molar-refractivity contribution in [3.05, 3.63) is 22.4 Å². The molecule has 0 aromatic carbocycles. The lowest BCUT2D eigenvalue weighted by Gasteiger charge is -2.11. The smallest absolute Gasteiger partial charge is 0.261 e. The Bertz CT molecular complexity index is 409. The molecule has 1 amide bonds. The third-order valence-corrected chi connectivity index (χ3v) is 3.59. The van der Waals surface area contributed by atoms with Crippen molar-refractivity contribution in [1.82, 2.24) is 16.0 Å². The van der Waals surface area contributed by atoms with E-state index in [4.69, 9.17) is 0 Å². The fraction of sp³-hybridized carbons (Fsp3) is 0.571. The van der Waals surface area contributed by atoms with Gasteiger partial charge in [-0.3, -0.25) is 9.79 Å². The van der Waals surface area contributed by atoms with Gasteiger partial charge in [-0.05, 0) is 24.3 Å². The van der Waals surface area contributed by atoms with Gasteiger partial charge < -0.3 is 16.0 Å². The first-order valence-electron chi connectivity index (χ1n) is 7.04. The van der Waals surface area contributed by atoms with Gasteiger partial charge in [0, 0.05) is 26.7 Å². The lowest BCUT2D eigenvalue weighted by atomic mass is 10.3. The summed E-state index contributed by atoms with van der Waals surface area (Å²) in [4.78, 5) is 16.6. The Labute approximate surface area is 148 Å². The van der Waals surface area contributed by atoms with Gasteiger partial charge in [0.2, 0.25) is 0 Å². The molecule has 0 aliphatic carbocycles. The Balaban J connectivity index is 0.00000400. The summed E-state index contributed by atoms with van der Waals surface area (Å²) in [5, 5.41) is 11.3. The second-order valence-electron chi connectivity index (χ2n) is 4.37. The molecule has 1 rings (SSSR count). The highest BCUT2D eigenvalue weighted by Gasteiger charge is 2.04. The predicted molar refractivity (Wildman–Crippen MR) is 101 cm³/mol. The van der Waals surface area contributed by atoms with E-state index in [0.717, 1.165) is 36.8 Å². The summed E-state index contributed by atoms with van der Waals surface area (Å²) in [5.41, 5.74) is 0. The van der Waals surface area contributed by atoms with Crippen molar-refractivity contribution < 1.29 is 4.79 Å². The van der Waals surface area contributed by atoms with Crippen LogP contribution in [0.1, 0.15) is 35.9 Å². The normalized spacial score (nSPS) is 10.7. The number of aliphatic imine (C=N–C) groups is 1. The van der Waals surface area contributed by atoms with Crippen LogP contribution in [0.5, 0.6) is 0 Å². The summed E-state index contributed by atoms with van der Waals surface area (Å²) in [6.07, 6.45) is 3.17. The SMILES string of the molecule is CCCCNC(=NC)NCCCNC(=O)c1cccs1.I. The van der Waals surface area contributed by atoms with Gasteiger partial charge in [-0.15, -0.1) is 35.3 Å². The number of rotatable bonds is 8. The summed E-state index contributed by atoms with van der Waals surface area (Å²) in [6, 6.07) is 3.71. The van der Waals surface area contributed by atoms with E-state index < -0.39 is 0 Å². The van der Waals surface area contributed by atoms with Gasteiger partial charge in [-0.2, -0.15) is 0 Å². The molecule has 0 saturated heterocycles. The average Bonchev–Trinajstić information content (AvgIpc) is 2.99. The summed E-state index contributed by atoms with van der Waals surface area (Å²) in [7, 11) is 1.76. The molecule has 0 radical (unpaired) electrons. The fourth-order valence-electron chi connectivity index (χ4n) is 1.60. The molecule has 1 aromatic rings. The zero-order valence-electron chi connectivity index (χ0n) is 12.6. The molecule has 0 aliphatic rings. The maximum Gasteiger partial charge on any atom is 0.261 e. The van der Waals surface area contributed by atoms with Crippen LogP contribution < -0.4 is 16.0 Å². The quantitative estimate of drug-likeness (QED) is 0.260. The van der Waals surface area contributed by atoms with Gasteiger partial charge in [-0.1, -0.05) is 19.4 Å². The van der Waals surface area contributed by atoms with Crippen LogP contribution in [0.2, 0.25) is 0 Å². The molecule has 0 atom stereocenters. The first-order chi connectivity index (χ1) is 9.77. The highest BCUT2D eigenvalue weighted by atomic mass is 127. The average molecular weight is 424 g/mol. The Hall–Kier alpha value is -0.830. The third-order valence-electron chi connectivity index (χ3n) is 2.72. The van der Waals surface area contributed by atoms with Crippen LogP contribution in [-0.4, -0.2) is 38.5 Å². The largest absolute Gasteiger partial charge is 0.356 e. The lowest BCUT2D eigenvalue weighted by molar-refractivity contribution is 0.0957. The number of hydrogen-bond acceptors (Lipinski definition) is 3. The first-order valence-corrected chi connectivity index (χ1v) is 7.92. The van der Waals surface area contributed by atoms with E-state index in [-0.39, 0.29) is 29.9 Å². The molecule has 7 heteroatoms.